The molecule has 0 N–H and O–H groups in total. The molecule has 3 aliphatic carbocycles. The summed E-state index contributed by atoms with van der Waals surface area (Å²) >= 11 is 0. The third kappa shape index (κ3) is 2.36. The van der Waals surface area contributed by atoms with E-state index in [-0.39, 0.29) is 36.3 Å². The van der Waals surface area contributed by atoms with Crippen LogP contribution in [0.1, 0.15) is 30.4 Å². The monoisotopic (exact) mass is 426 g/mol. The highest BCUT2D eigenvalue weighted by atomic mass is 32.2. The Balaban J connectivity index is 1.40. The van der Waals surface area contributed by atoms with Crippen LogP contribution in [0.25, 0.3) is 0 Å². The number of alkyl halides is 2. The molecule has 8 heteroatoms. The summed E-state index contributed by atoms with van der Waals surface area (Å²) in [7, 11) is -3.32. The number of hydrogen-bond donors (Lipinski definition) is 0. The van der Waals surface area contributed by atoms with E-state index in [2.05, 4.69) is 0 Å². The van der Waals surface area contributed by atoms with Crippen LogP contribution in [0, 0.1) is 17.0 Å². The van der Waals surface area contributed by atoms with Gasteiger partial charge in [0.15, 0.2) is 15.4 Å². The van der Waals surface area contributed by atoms with Gasteiger partial charge in [0.25, 0.3) is 5.92 Å². The average Bonchev–Trinajstić information content (AvgIpc) is 3.34. The first-order valence-corrected chi connectivity index (χ1v) is 11.1. The van der Waals surface area contributed by atoms with E-state index in [1.54, 1.807) is 12.1 Å². The molecule has 1 aliphatic heterocycles. The van der Waals surface area contributed by atoms with Crippen LogP contribution in [-0.2, 0) is 25.6 Å². The Morgan fingerprint density at radius 2 is 1.59 bits per heavy atom. The molecule has 1 heterocycles. The molecule has 1 saturated heterocycles. The topological polar surface area (TPSA) is 46.7 Å². The number of epoxide rings is 1. The van der Waals surface area contributed by atoms with Crippen molar-refractivity contribution in [3.05, 3.63) is 65.2 Å². The van der Waals surface area contributed by atoms with E-state index >= 15 is 8.78 Å². The second-order valence-corrected chi connectivity index (χ2v) is 10.7. The molecule has 2 bridgehead atoms. The zero-order valence-electron chi connectivity index (χ0n) is 15.5. The summed E-state index contributed by atoms with van der Waals surface area (Å²) < 4.78 is 86.8. The van der Waals surface area contributed by atoms with Crippen molar-refractivity contribution in [1.82, 2.24) is 0 Å². The van der Waals surface area contributed by atoms with Crippen molar-refractivity contribution in [3.8, 4) is 0 Å². The van der Waals surface area contributed by atoms with E-state index in [4.69, 9.17) is 4.74 Å². The van der Waals surface area contributed by atoms with Gasteiger partial charge in [0.2, 0.25) is 0 Å². The molecule has 1 unspecified atom stereocenters. The number of hydrogen-bond acceptors (Lipinski definition) is 3. The number of sulfone groups is 1. The number of rotatable bonds is 5. The van der Waals surface area contributed by atoms with Gasteiger partial charge in [0, 0.05) is 23.3 Å². The molecule has 0 aromatic heterocycles. The van der Waals surface area contributed by atoms with Crippen LogP contribution in [0.2, 0.25) is 0 Å². The largest absolute Gasteiger partial charge is 0.358 e. The lowest BCUT2D eigenvalue weighted by Gasteiger charge is -2.73. The van der Waals surface area contributed by atoms with Gasteiger partial charge < -0.3 is 4.74 Å². The molecule has 4 aliphatic rings. The molecule has 0 radical (unpaired) electrons. The van der Waals surface area contributed by atoms with E-state index < -0.39 is 43.8 Å². The van der Waals surface area contributed by atoms with E-state index in [1.165, 1.54) is 12.1 Å². The maximum Gasteiger partial charge on any atom is 0.288 e. The first kappa shape index (κ1) is 19.1. The molecule has 1 atom stereocenters. The standard InChI is InChI=1S/C21H18F4O3S/c1-29(26,27)15-5-2-13(3-6-15)18-9-19(10-18,11-18)21(24,25)20(12-28-20)16-7-4-14(22)8-17(16)23/h2-8H,9-12H2,1H3. The summed E-state index contributed by atoms with van der Waals surface area (Å²) in [5.41, 5.74) is -3.21. The molecule has 2 aromatic rings. The lowest BCUT2D eigenvalue weighted by Crippen LogP contribution is -2.74. The van der Waals surface area contributed by atoms with Crippen LogP contribution in [0.5, 0.6) is 0 Å². The quantitative estimate of drug-likeness (QED) is 0.528. The molecule has 29 heavy (non-hydrogen) atoms. The first-order chi connectivity index (χ1) is 13.4. The highest BCUT2D eigenvalue weighted by molar-refractivity contribution is 7.90. The second-order valence-electron chi connectivity index (χ2n) is 8.70. The van der Waals surface area contributed by atoms with Crippen molar-refractivity contribution in [3.63, 3.8) is 0 Å². The van der Waals surface area contributed by atoms with Crippen molar-refractivity contribution < 1.29 is 30.7 Å². The Bertz CT molecular complexity index is 1100. The van der Waals surface area contributed by atoms with Crippen molar-refractivity contribution in [2.24, 2.45) is 5.41 Å². The molecular weight excluding hydrogens is 408 g/mol. The van der Waals surface area contributed by atoms with Gasteiger partial charge in [-0.1, -0.05) is 12.1 Å². The van der Waals surface area contributed by atoms with E-state index in [0.717, 1.165) is 24.0 Å². The molecule has 4 fully saturated rings. The highest BCUT2D eigenvalue weighted by Gasteiger charge is 2.85. The average molecular weight is 426 g/mol. The highest BCUT2D eigenvalue weighted by Crippen LogP contribution is 2.81. The Hall–Kier alpha value is -1.93. The lowest BCUT2D eigenvalue weighted by molar-refractivity contribution is -0.306. The van der Waals surface area contributed by atoms with Gasteiger partial charge >= 0.3 is 0 Å². The summed E-state index contributed by atoms with van der Waals surface area (Å²) in [6, 6.07) is 8.95. The van der Waals surface area contributed by atoms with Gasteiger partial charge in [-0.15, -0.1) is 0 Å². The molecule has 0 spiro atoms. The molecule has 3 saturated carbocycles. The van der Waals surface area contributed by atoms with Gasteiger partial charge in [0.05, 0.1) is 11.5 Å². The summed E-state index contributed by atoms with van der Waals surface area (Å²) in [4.78, 5) is 0.185. The van der Waals surface area contributed by atoms with Crippen LogP contribution in [0.3, 0.4) is 0 Å². The molecule has 2 aromatic carbocycles. The van der Waals surface area contributed by atoms with Gasteiger partial charge in [-0.05, 0) is 54.5 Å². The summed E-state index contributed by atoms with van der Waals surface area (Å²) in [6.07, 6.45) is 1.78. The minimum absolute atomic E-state index is 0.185. The fourth-order valence-electron chi connectivity index (χ4n) is 5.31. The Morgan fingerprint density at radius 1 is 1.00 bits per heavy atom. The van der Waals surface area contributed by atoms with E-state index in [1.807, 2.05) is 0 Å². The van der Waals surface area contributed by atoms with Crippen molar-refractivity contribution in [1.29, 1.82) is 0 Å². The number of halogens is 4. The Morgan fingerprint density at radius 3 is 2.07 bits per heavy atom. The van der Waals surface area contributed by atoms with Crippen LogP contribution in [0.15, 0.2) is 47.4 Å². The molecular formula is C21H18F4O3S. The predicted octanol–water partition coefficient (Wildman–Crippen LogP) is 4.35. The predicted molar refractivity (Wildman–Crippen MR) is 96.4 cm³/mol. The SMILES string of the molecule is CS(=O)(=O)c1ccc(C23CC(C(F)(F)C4(c5ccc(F)cc5F)CO4)(C2)C3)cc1. The minimum Gasteiger partial charge on any atom is -0.358 e. The van der Waals surface area contributed by atoms with Gasteiger partial charge in [-0.25, -0.2) is 26.0 Å². The normalized spacial score (nSPS) is 33.0. The third-order valence-corrected chi connectivity index (χ3v) is 8.03. The maximum atomic E-state index is 15.5. The van der Waals surface area contributed by atoms with Crippen molar-refractivity contribution >= 4 is 9.84 Å². The van der Waals surface area contributed by atoms with Crippen LogP contribution < -0.4 is 0 Å². The molecule has 6 rings (SSSR count). The van der Waals surface area contributed by atoms with E-state index in [0.29, 0.717) is 6.07 Å². The maximum absolute atomic E-state index is 15.5. The number of ether oxygens (including phenoxy) is 1. The second kappa shape index (κ2) is 5.40. The fraction of sp³-hybridized carbons (Fsp3) is 0.429. The summed E-state index contributed by atoms with van der Waals surface area (Å²) in [5.74, 6) is -5.15. The molecule has 0 amide bonds. The van der Waals surface area contributed by atoms with E-state index in [9.17, 15) is 17.2 Å². The minimum atomic E-state index is -3.32. The zero-order chi connectivity index (χ0) is 20.9. The van der Waals surface area contributed by atoms with Crippen molar-refractivity contribution in [2.75, 3.05) is 12.9 Å². The zero-order valence-corrected chi connectivity index (χ0v) is 16.3. The van der Waals surface area contributed by atoms with Crippen LogP contribution >= 0.6 is 0 Å². The lowest BCUT2D eigenvalue weighted by atomic mass is 9.31. The fourth-order valence-corrected chi connectivity index (χ4v) is 5.94. The molecule has 154 valence electrons. The number of benzene rings is 2. The van der Waals surface area contributed by atoms with Gasteiger partial charge in [0.1, 0.15) is 11.6 Å². The van der Waals surface area contributed by atoms with Gasteiger partial charge in [-0.2, -0.15) is 0 Å². The summed E-state index contributed by atoms with van der Waals surface area (Å²) in [5, 5.41) is 0. The smallest absolute Gasteiger partial charge is 0.288 e. The van der Waals surface area contributed by atoms with Crippen molar-refractivity contribution in [2.45, 2.75) is 41.1 Å². The summed E-state index contributed by atoms with van der Waals surface area (Å²) in [6.45, 7) is -0.305. The van der Waals surface area contributed by atoms with Crippen LogP contribution in [-0.4, -0.2) is 27.2 Å². The molecule has 3 nitrogen and oxygen atoms in total. The first-order valence-electron chi connectivity index (χ1n) is 9.23. The van der Waals surface area contributed by atoms with Gasteiger partial charge in [-0.3, -0.25) is 0 Å². The Labute approximate surface area is 165 Å². The Kier molecular flexibility index (Phi) is 3.55. The third-order valence-electron chi connectivity index (χ3n) is 6.90. The van der Waals surface area contributed by atoms with Crippen LogP contribution in [0.4, 0.5) is 17.6 Å².